The van der Waals surface area contributed by atoms with Crippen molar-refractivity contribution in [1.29, 1.82) is 0 Å². The molecule has 1 aromatic carbocycles. The number of ether oxygens (including phenoxy) is 2. The Morgan fingerprint density at radius 1 is 1.30 bits per heavy atom. The molecule has 2 aromatic rings. The Kier molecular flexibility index (Phi) is 4.57. The maximum absolute atomic E-state index is 10.6. The second-order valence-electron chi connectivity index (χ2n) is 4.16. The summed E-state index contributed by atoms with van der Waals surface area (Å²) in [6.45, 7) is 0. The Hall–Kier alpha value is -2.08. The van der Waals surface area contributed by atoms with E-state index in [1.54, 1.807) is 20.4 Å². The van der Waals surface area contributed by atoms with Gasteiger partial charge in [-0.25, -0.2) is 4.98 Å². The largest absolute Gasteiger partial charge is 0.493 e. The second-order valence-corrected chi connectivity index (χ2v) is 5.36. The third-order valence-electron chi connectivity index (χ3n) is 2.73. The van der Waals surface area contributed by atoms with Crippen LogP contribution in [0.25, 0.3) is 0 Å². The summed E-state index contributed by atoms with van der Waals surface area (Å²) >= 11 is 1.42. The minimum Gasteiger partial charge on any atom is -0.493 e. The van der Waals surface area contributed by atoms with Crippen molar-refractivity contribution in [3.63, 3.8) is 0 Å². The van der Waals surface area contributed by atoms with Gasteiger partial charge in [-0.2, -0.15) is 0 Å². The molecule has 106 valence electrons. The molecule has 0 unspecified atom stereocenters. The molecule has 0 bridgehead atoms. The highest BCUT2D eigenvalue weighted by atomic mass is 32.1. The van der Waals surface area contributed by atoms with Gasteiger partial charge in [-0.1, -0.05) is 6.07 Å². The summed E-state index contributed by atoms with van der Waals surface area (Å²) in [5.41, 5.74) is 1.04. The van der Waals surface area contributed by atoms with Gasteiger partial charge < -0.3 is 14.6 Å². The average Bonchev–Trinajstić information content (AvgIpc) is 2.85. The molecule has 0 saturated carbocycles. The van der Waals surface area contributed by atoms with Gasteiger partial charge in [0.15, 0.2) is 11.5 Å². The van der Waals surface area contributed by atoms with Crippen LogP contribution in [0.5, 0.6) is 11.5 Å². The fourth-order valence-corrected chi connectivity index (χ4v) is 2.77. The summed E-state index contributed by atoms with van der Waals surface area (Å²) in [5, 5.41) is 9.62. The quantitative estimate of drug-likeness (QED) is 0.885. The first-order valence-electron chi connectivity index (χ1n) is 5.98. The summed E-state index contributed by atoms with van der Waals surface area (Å²) in [6.07, 6.45) is 2.28. The highest BCUT2D eigenvalue weighted by molar-refractivity contribution is 7.11. The molecule has 0 saturated heterocycles. The molecular formula is C14H15NO4S. The third-order valence-corrected chi connectivity index (χ3v) is 3.73. The molecule has 0 fully saturated rings. The SMILES string of the molecule is COc1ccc(Cc2ncc(CC(=O)O)s2)cc1OC. The van der Waals surface area contributed by atoms with Crippen LogP contribution in [0.4, 0.5) is 0 Å². The van der Waals surface area contributed by atoms with E-state index in [9.17, 15) is 4.79 Å². The molecule has 0 aliphatic carbocycles. The van der Waals surface area contributed by atoms with Crippen molar-refractivity contribution in [2.75, 3.05) is 14.2 Å². The van der Waals surface area contributed by atoms with Crippen molar-refractivity contribution in [3.05, 3.63) is 39.8 Å². The number of aliphatic carboxylic acids is 1. The summed E-state index contributed by atoms with van der Waals surface area (Å²) in [5.74, 6) is 0.514. The number of aromatic nitrogens is 1. The molecule has 0 aliphatic heterocycles. The van der Waals surface area contributed by atoms with Crippen molar-refractivity contribution < 1.29 is 19.4 Å². The molecule has 0 aliphatic rings. The van der Waals surface area contributed by atoms with E-state index in [1.807, 2.05) is 18.2 Å². The molecule has 20 heavy (non-hydrogen) atoms. The van der Waals surface area contributed by atoms with Gasteiger partial charge in [0.2, 0.25) is 0 Å². The van der Waals surface area contributed by atoms with Crippen LogP contribution in [0.3, 0.4) is 0 Å². The number of methoxy groups -OCH3 is 2. The predicted molar refractivity (Wildman–Crippen MR) is 75.8 cm³/mol. The number of rotatable bonds is 6. The molecule has 1 aromatic heterocycles. The highest BCUT2D eigenvalue weighted by Crippen LogP contribution is 2.29. The Labute approximate surface area is 120 Å². The topological polar surface area (TPSA) is 68.7 Å². The van der Waals surface area contributed by atoms with Gasteiger partial charge in [-0.15, -0.1) is 11.3 Å². The number of nitrogens with zero attached hydrogens (tertiary/aromatic N) is 1. The first kappa shape index (κ1) is 14.3. The number of carboxylic acid groups (broad SMARTS) is 1. The number of carbonyl (C=O) groups is 1. The van der Waals surface area contributed by atoms with Gasteiger partial charge in [0.1, 0.15) is 0 Å². The smallest absolute Gasteiger partial charge is 0.308 e. The van der Waals surface area contributed by atoms with E-state index in [-0.39, 0.29) is 6.42 Å². The Bertz CT molecular complexity index is 609. The normalized spacial score (nSPS) is 10.3. The maximum Gasteiger partial charge on any atom is 0.308 e. The Morgan fingerprint density at radius 3 is 2.70 bits per heavy atom. The van der Waals surface area contributed by atoms with Crippen LogP contribution in [0.15, 0.2) is 24.4 Å². The molecule has 1 N–H and O–H groups in total. The highest BCUT2D eigenvalue weighted by Gasteiger charge is 2.09. The summed E-state index contributed by atoms with van der Waals surface area (Å²) in [6, 6.07) is 5.69. The fraction of sp³-hybridized carbons (Fsp3) is 0.286. The van der Waals surface area contributed by atoms with Crippen molar-refractivity contribution in [3.8, 4) is 11.5 Å². The van der Waals surface area contributed by atoms with E-state index in [2.05, 4.69) is 4.98 Å². The van der Waals surface area contributed by atoms with Crippen LogP contribution < -0.4 is 9.47 Å². The number of carboxylic acids is 1. The fourth-order valence-electron chi connectivity index (χ4n) is 1.83. The first-order chi connectivity index (χ1) is 9.62. The molecule has 5 nitrogen and oxygen atoms in total. The van der Waals surface area contributed by atoms with Crippen LogP contribution >= 0.6 is 11.3 Å². The Morgan fingerprint density at radius 2 is 2.05 bits per heavy atom. The van der Waals surface area contributed by atoms with Crippen LogP contribution in [0.2, 0.25) is 0 Å². The van der Waals surface area contributed by atoms with Crippen molar-refractivity contribution >= 4 is 17.3 Å². The van der Waals surface area contributed by atoms with Crippen molar-refractivity contribution in [2.45, 2.75) is 12.8 Å². The molecule has 0 spiro atoms. The summed E-state index contributed by atoms with van der Waals surface area (Å²) in [7, 11) is 3.19. The van der Waals surface area contributed by atoms with Crippen LogP contribution in [0, 0.1) is 0 Å². The monoisotopic (exact) mass is 293 g/mol. The van der Waals surface area contributed by atoms with Crippen LogP contribution in [0.1, 0.15) is 15.4 Å². The van der Waals surface area contributed by atoms with Gasteiger partial charge in [0.25, 0.3) is 0 Å². The van der Waals surface area contributed by atoms with E-state index >= 15 is 0 Å². The maximum atomic E-state index is 10.6. The number of hydrogen-bond acceptors (Lipinski definition) is 5. The zero-order chi connectivity index (χ0) is 14.5. The van der Waals surface area contributed by atoms with Gasteiger partial charge in [0.05, 0.1) is 25.6 Å². The van der Waals surface area contributed by atoms with Crippen LogP contribution in [-0.2, 0) is 17.6 Å². The lowest BCUT2D eigenvalue weighted by atomic mass is 10.1. The van der Waals surface area contributed by atoms with Gasteiger partial charge in [-0.3, -0.25) is 4.79 Å². The van der Waals surface area contributed by atoms with E-state index in [0.717, 1.165) is 15.4 Å². The number of thiazole rings is 1. The lowest BCUT2D eigenvalue weighted by Crippen LogP contribution is -1.97. The van der Waals surface area contributed by atoms with E-state index in [0.29, 0.717) is 17.9 Å². The van der Waals surface area contributed by atoms with Crippen molar-refractivity contribution in [2.24, 2.45) is 0 Å². The molecule has 0 atom stereocenters. The molecule has 1 heterocycles. The zero-order valence-corrected chi connectivity index (χ0v) is 12.1. The zero-order valence-electron chi connectivity index (χ0n) is 11.3. The minimum atomic E-state index is -0.841. The van der Waals surface area contributed by atoms with Gasteiger partial charge in [-0.05, 0) is 17.7 Å². The second kappa shape index (κ2) is 6.38. The van der Waals surface area contributed by atoms with Gasteiger partial charge >= 0.3 is 5.97 Å². The lowest BCUT2D eigenvalue weighted by Gasteiger charge is -2.08. The number of hydrogen-bond donors (Lipinski definition) is 1. The predicted octanol–water partition coefficient (Wildman–Crippen LogP) is 2.38. The van der Waals surface area contributed by atoms with E-state index in [4.69, 9.17) is 14.6 Å². The summed E-state index contributed by atoms with van der Waals surface area (Å²) < 4.78 is 10.4. The van der Waals surface area contributed by atoms with Gasteiger partial charge in [0, 0.05) is 17.5 Å². The van der Waals surface area contributed by atoms with Crippen LogP contribution in [-0.4, -0.2) is 30.3 Å². The third kappa shape index (κ3) is 3.48. The molecule has 6 heteroatoms. The van der Waals surface area contributed by atoms with Crippen molar-refractivity contribution in [1.82, 2.24) is 4.98 Å². The standard InChI is InChI=1S/C14H15NO4S/c1-18-11-4-3-9(5-12(11)19-2)6-13-15-8-10(20-13)7-14(16)17/h3-5,8H,6-7H2,1-2H3,(H,16,17). The minimum absolute atomic E-state index is 0.0175. The lowest BCUT2D eigenvalue weighted by molar-refractivity contribution is -0.136. The van der Waals surface area contributed by atoms with E-state index in [1.165, 1.54) is 11.3 Å². The molecule has 0 amide bonds. The summed E-state index contributed by atoms with van der Waals surface area (Å²) in [4.78, 5) is 15.6. The molecular weight excluding hydrogens is 278 g/mol. The molecule has 2 rings (SSSR count). The average molecular weight is 293 g/mol. The first-order valence-corrected chi connectivity index (χ1v) is 6.80. The van der Waals surface area contributed by atoms with E-state index < -0.39 is 5.97 Å². The molecule has 0 radical (unpaired) electrons. The Balaban J connectivity index is 2.13. The number of benzene rings is 1.